The smallest absolute Gasteiger partial charge is 0.0978 e. The first-order valence-electron chi connectivity index (χ1n) is 5.99. The van der Waals surface area contributed by atoms with Crippen LogP contribution in [0.5, 0.6) is 0 Å². The minimum Gasteiger partial charge on any atom is -0.472 e. The lowest BCUT2D eigenvalue weighted by Gasteiger charge is -2.19. The van der Waals surface area contributed by atoms with E-state index in [1.54, 1.807) is 6.26 Å². The molecule has 2 aliphatic rings. The van der Waals surface area contributed by atoms with Gasteiger partial charge >= 0.3 is 0 Å². The number of nitrogens with zero attached hydrogens (tertiary/aromatic N) is 1. The second kappa shape index (κ2) is 4.21. The fourth-order valence-corrected chi connectivity index (χ4v) is 2.53. The van der Waals surface area contributed by atoms with Crippen LogP contribution in [0.1, 0.15) is 25.3 Å². The van der Waals surface area contributed by atoms with Crippen LogP contribution in [0.3, 0.4) is 0 Å². The number of allylic oxidation sites excluding steroid dienone is 5. The van der Waals surface area contributed by atoms with Crippen molar-refractivity contribution in [2.45, 2.75) is 19.8 Å². The van der Waals surface area contributed by atoms with Crippen molar-refractivity contribution in [3.8, 4) is 0 Å². The predicted molar refractivity (Wildman–Crippen MR) is 70.1 cm³/mol. The fourth-order valence-electron chi connectivity index (χ4n) is 2.53. The first kappa shape index (κ1) is 10.3. The number of rotatable bonds is 1. The Morgan fingerprint density at radius 3 is 3.12 bits per heavy atom. The molecule has 0 saturated carbocycles. The molecule has 1 aliphatic carbocycles. The van der Waals surface area contributed by atoms with Crippen LogP contribution in [0.15, 0.2) is 57.4 Å². The highest BCUT2D eigenvalue weighted by Crippen LogP contribution is 2.33. The summed E-state index contributed by atoms with van der Waals surface area (Å²) in [6, 6.07) is 2.03. The molecule has 0 bridgehead atoms. The fraction of sp³-hybridized carbons (Fsp3) is 0.267. The molecule has 2 heterocycles. The van der Waals surface area contributed by atoms with Crippen molar-refractivity contribution in [1.29, 1.82) is 0 Å². The molecule has 86 valence electrons. The summed E-state index contributed by atoms with van der Waals surface area (Å²) in [6.45, 7) is 3.02. The zero-order valence-electron chi connectivity index (χ0n) is 9.94. The average Bonchev–Trinajstić information content (AvgIpc) is 2.76. The van der Waals surface area contributed by atoms with E-state index in [1.807, 2.05) is 12.3 Å². The third kappa shape index (κ3) is 1.80. The quantitative estimate of drug-likeness (QED) is 0.714. The van der Waals surface area contributed by atoms with E-state index in [2.05, 4.69) is 30.1 Å². The molecular weight excluding hydrogens is 210 g/mol. The number of aliphatic imine (C=N–C) groups is 1. The minimum atomic E-state index is 0.910. The Balaban J connectivity index is 2.21. The second-order valence-corrected chi connectivity index (χ2v) is 4.41. The van der Waals surface area contributed by atoms with Gasteiger partial charge in [-0.3, -0.25) is 4.99 Å². The van der Waals surface area contributed by atoms with Gasteiger partial charge in [0.25, 0.3) is 0 Å². The summed E-state index contributed by atoms with van der Waals surface area (Å²) in [5.41, 5.74) is 6.39. The molecule has 0 unspecified atom stereocenters. The first-order chi connectivity index (χ1) is 8.36. The zero-order valence-corrected chi connectivity index (χ0v) is 9.94. The Bertz CT molecular complexity index is 541. The maximum Gasteiger partial charge on any atom is 0.0978 e. The van der Waals surface area contributed by atoms with Gasteiger partial charge in [-0.2, -0.15) is 0 Å². The molecule has 0 N–H and O–H groups in total. The van der Waals surface area contributed by atoms with Crippen molar-refractivity contribution in [1.82, 2.24) is 0 Å². The van der Waals surface area contributed by atoms with Gasteiger partial charge in [0.15, 0.2) is 0 Å². The van der Waals surface area contributed by atoms with E-state index in [-0.39, 0.29) is 0 Å². The summed E-state index contributed by atoms with van der Waals surface area (Å²) < 4.78 is 5.21. The van der Waals surface area contributed by atoms with Crippen LogP contribution < -0.4 is 0 Å². The van der Waals surface area contributed by atoms with E-state index in [4.69, 9.17) is 4.42 Å². The molecule has 2 nitrogen and oxygen atoms in total. The summed E-state index contributed by atoms with van der Waals surface area (Å²) in [7, 11) is 0. The Morgan fingerprint density at radius 2 is 2.29 bits per heavy atom. The van der Waals surface area contributed by atoms with Crippen molar-refractivity contribution < 1.29 is 4.42 Å². The van der Waals surface area contributed by atoms with Crippen molar-refractivity contribution in [2.24, 2.45) is 4.99 Å². The van der Waals surface area contributed by atoms with Crippen LogP contribution in [0.2, 0.25) is 0 Å². The van der Waals surface area contributed by atoms with Crippen molar-refractivity contribution >= 4 is 11.3 Å². The molecule has 1 aliphatic heterocycles. The third-order valence-corrected chi connectivity index (χ3v) is 3.34. The second-order valence-electron chi connectivity index (χ2n) is 4.41. The predicted octanol–water partition coefficient (Wildman–Crippen LogP) is 3.78. The van der Waals surface area contributed by atoms with Gasteiger partial charge in [-0.25, -0.2) is 0 Å². The van der Waals surface area contributed by atoms with Crippen molar-refractivity contribution in [3.05, 3.63) is 53.5 Å². The van der Waals surface area contributed by atoms with Gasteiger partial charge in [-0.15, -0.1) is 0 Å². The molecule has 1 aromatic rings. The maximum atomic E-state index is 5.21. The van der Waals surface area contributed by atoms with Gasteiger partial charge in [-0.1, -0.05) is 18.2 Å². The first-order valence-corrected chi connectivity index (χ1v) is 5.99. The molecule has 0 saturated heterocycles. The zero-order chi connectivity index (χ0) is 11.7. The number of furan rings is 1. The molecule has 0 fully saturated rings. The van der Waals surface area contributed by atoms with E-state index >= 15 is 0 Å². The lowest BCUT2D eigenvalue weighted by Crippen LogP contribution is -2.11. The lowest BCUT2D eigenvalue weighted by atomic mass is 9.89. The molecule has 1 aromatic heterocycles. The van der Waals surface area contributed by atoms with E-state index in [0.717, 1.165) is 25.1 Å². The molecule has 2 heteroatoms. The van der Waals surface area contributed by atoms with Gasteiger partial charge in [0.1, 0.15) is 0 Å². The maximum absolute atomic E-state index is 5.21. The molecule has 0 atom stereocenters. The molecule has 3 rings (SSSR count). The SMILES string of the molecule is CC1=NCCC2=CC=CCC(c3ccoc3)=C21. The van der Waals surface area contributed by atoms with E-state index in [1.165, 1.54) is 22.3 Å². The highest BCUT2D eigenvalue weighted by molar-refractivity contribution is 6.09. The highest BCUT2D eigenvalue weighted by Gasteiger charge is 2.20. The monoisotopic (exact) mass is 225 g/mol. The standard InChI is InChI=1S/C15H15NO/c1-11-15-12(6-8-16-11)4-2-3-5-14(15)13-7-9-17-10-13/h2-4,7,9-10H,5-6,8H2,1H3. The summed E-state index contributed by atoms with van der Waals surface area (Å²) >= 11 is 0. The number of fused-ring (bicyclic) bond motifs is 1. The van der Waals surface area contributed by atoms with Gasteiger partial charge in [0, 0.05) is 23.4 Å². The third-order valence-electron chi connectivity index (χ3n) is 3.34. The van der Waals surface area contributed by atoms with Crippen LogP contribution >= 0.6 is 0 Å². The molecule has 0 radical (unpaired) electrons. The molecular formula is C15H15NO. The van der Waals surface area contributed by atoms with Gasteiger partial charge in [-0.05, 0) is 37.0 Å². The summed E-state index contributed by atoms with van der Waals surface area (Å²) in [5.74, 6) is 0. The number of hydrogen-bond donors (Lipinski definition) is 0. The van der Waals surface area contributed by atoms with Crippen LogP contribution in [-0.4, -0.2) is 12.3 Å². The van der Waals surface area contributed by atoms with E-state index in [9.17, 15) is 0 Å². The Morgan fingerprint density at radius 1 is 1.35 bits per heavy atom. The Kier molecular flexibility index (Phi) is 2.56. The molecule has 0 aromatic carbocycles. The summed E-state index contributed by atoms with van der Waals surface area (Å²) in [4.78, 5) is 4.58. The highest BCUT2D eigenvalue weighted by atomic mass is 16.3. The Labute approximate surface area is 101 Å². The topological polar surface area (TPSA) is 25.5 Å². The van der Waals surface area contributed by atoms with Gasteiger partial charge in [0.05, 0.1) is 12.5 Å². The van der Waals surface area contributed by atoms with Crippen LogP contribution in [0.4, 0.5) is 0 Å². The normalized spacial score (nSPS) is 19.6. The number of hydrogen-bond acceptors (Lipinski definition) is 2. The van der Waals surface area contributed by atoms with Crippen molar-refractivity contribution in [3.63, 3.8) is 0 Å². The summed E-state index contributed by atoms with van der Waals surface area (Å²) in [6.07, 6.45) is 12.1. The van der Waals surface area contributed by atoms with Crippen LogP contribution in [0.25, 0.3) is 5.57 Å². The summed E-state index contributed by atoms with van der Waals surface area (Å²) in [5, 5.41) is 0. The lowest BCUT2D eigenvalue weighted by molar-refractivity contribution is 0.566. The minimum absolute atomic E-state index is 0.910. The molecule has 0 spiro atoms. The Hall–Kier alpha value is -1.83. The molecule has 17 heavy (non-hydrogen) atoms. The van der Waals surface area contributed by atoms with E-state index < -0.39 is 0 Å². The van der Waals surface area contributed by atoms with Gasteiger partial charge in [0.2, 0.25) is 0 Å². The largest absolute Gasteiger partial charge is 0.472 e. The van der Waals surface area contributed by atoms with Crippen LogP contribution in [-0.2, 0) is 0 Å². The van der Waals surface area contributed by atoms with Gasteiger partial charge < -0.3 is 4.42 Å². The van der Waals surface area contributed by atoms with Crippen LogP contribution in [0, 0.1) is 0 Å². The van der Waals surface area contributed by atoms with E-state index in [0.29, 0.717) is 0 Å². The molecule has 0 amide bonds. The van der Waals surface area contributed by atoms with Crippen molar-refractivity contribution in [2.75, 3.05) is 6.54 Å². The average molecular weight is 225 g/mol.